The van der Waals surface area contributed by atoms with Gasteiger partial charge in [-0.2, -0.15) is 65.9 Å². The summed E-state index contributed by atoms with van der Waals surface area (Å²) in [5.74, 6) is -52.8. The molecular weight excluding hydrogens is 451 g/mol. The third-order valence-electron chi connectivity index (χ3n) is 2.60. The molecule has 0 heterocycles. The van der Waals surface area contributed by atoms with Crippen molar-refractivity contribution in [2.75, 3.05) is 14.1 Å². The Bertz CT molecular complexity index is 554. The lowest BCUT2D eigenvalue weighted by molar-refractivity contribution is -0.450. The van der Waals surface area contributed by atoms with Gasteiger partial charge in [0.2, 0.25) is 0 Å². The Morgan fingerprint density at radius 2 is 0.786 bits per heavy atom. The van der Waals surface area contributed by atoms with E-state index in [4.69, 9.17) is 5.11 Å². The lowest BCUT2D eigenvalue weighted by Gasteiger charge is -2.40. The predicted molar refractivity (Wildman–Crippen MR) is 58.4 cm³/mol. The first-order valence-corrected chi connectivity index (χ1v) is 6.01. The lowest BCUT2D eigenvalue weighted by Crippen LogP contribution is -2.73. The number of carboxylic acids is 1. The van der Waals surface area contributed by atoms with Gasteiger partial charge >= 0.3 is 47.7 Å². The van der Waals surface area contributed by atoms with E-state index in [1.807, 2.05) is 14.1 Å². The lowest BCUT2D eigenvalue weighted by atomic mass is 9.91. The van der Waals surface area contributed by atoms with Gasteiger partial charge in [0, 0.05) is 0 Å². The molecule has 0 unspecified atom stereocenters. The van der Waals surface area contributed by atoms with Crippen LogP contribution in [0.1, 0.15) is 0 Å². The van der Waals surface area contributed by atoms with Crippen LogP contribution >= 0.6 is 0 Å². The van der Waals surface area contributed by atoms with Gasteiger partial charge in [-0.05, 0) is 14.1 Å². The molecule has 0 saturated heterocycles. The van der Waals surface area contributed by atoms with Crippen LogP contribution < -0.4 is 5.32 Å². The molecule has 0 atom stereocenters. The van der Waals surface area contributed by atoms with Crippen molar-refractivity contribution < 1.29 is 75.8 Å². The second kappa shape index (κ2) is 7.66. The second-order valence-electron chi connectivity index (χ2n) is 4.75. The van der Waals surface area contributed by atoms with E-state index in [2.05, 4.69) is 5.32 Å². The topological polar surface area (TPSA) is 49.3 Å². The van der Waals surface area contributed by atoms with Crippen LogP contribution in [0.25, 0.3) is 0 Å². The minimum Gasteiger partial charge on any atom is -0.477 e. The maximum atomic E-state index is 12.8. The normalized spacial score (nSPS) is 15.0. The van der Waals surface area contributed by atoms with Crippen LogP contribution in [-0.4, -0.2) is 66.9 Å². The van der Waals surface area contributed by atoms with E-state index in [0.717, 1.165) is 0 Å². The van der Waals surface area contributed by atoms with Gasteiger partial charge in [0.1, 0.15) is 0 Å². The molecule has 2 N–H and O–H groups in total. The first-order valence-electron chi connectivity index (χ1n) is 6.01. The summed E-state index contributed by atoms with van der Waals surface area (Å²) in [6, 6.07) is 0. The quantitative estimate of drug-likeness (QED) is 0.584. The van der Waals surface area contributed by atoms with Crippen molar-refractivity contribution in [3.8, 4) is 0 Å². The zero-order chi connectivity index (χ0) is 23.8. The van der Waals surface area contributed by atoms with Gasteiger partial charge in [0.05, 0.1) is 0 Å². The standard InChI is InChI=1S/C8HF15O2.C2H7N/c9-2(10,1(24)25)3(11,12)4(13,14)5(15,16)6(17,18)7(19,20)8(21,22)23;1-3-2/h(H,24,25);3H,1-2H3. The molecule has 18 heteroatoms. The molecule has 0 aromatic carbocycles. The van der Waals surface area contributed by atoms with Crippen molar-refractivity contribution in [2.24, 2.45) is 0 Å². The molecule has 0 fully saturated rings. The van der Waals surface area contributed by atoms with Gasteiger partial charge in [-0.1, -0.05) is 0 Å². The Morgan fingerprint density at radius 3 is 1.00 bits per heavy atom. The monoisotopic (exact) mass is 459 g/mol. The van der Waals surface area contributed by atoms with Crippen LogP contribution in [0.3, 0.4) is 0 Å². The molecule has 0 amide bonds. The Morgan fingerprint density at radius 1 is 0.571 bits per heavy atom. The van der Waals surface area contributed by atoms with Crippen LogP contribution in [0.15, 0.2) is 0 Å². The van der Waals surface area contributed by atoms with Gasteiger partial charge in [-0.25, -0.2) is 4.79 Å². The maximum absolute atomic E-state index is 12.8. The molecule has 0 bridgehead atoms. The fraction of sp³-hybridized carbons (Fsp3) is 0.900. The fourth-order valence-electron chi connectivity index (χ4n) is 1.10. The van der Waals surface area contributed by atoms with Gasteiger partial charge in [0.25, 0.3) is 0 Å². The van der Waals surface area contributed by atoms with Crippen molar-refractivity contribution in [1.29, 1.82) is 0 Å². The Kier molecular flexibility index (Phi) is 7.82. The van der Waals surface area contributed by atoms with Crippen LogP contribution in [0, 0.1) is 0 Å². The summed E-state index contributed by atoms with van der Waals surface area (Å²) < 4.78 is 187. The molecule has 0 saturated carbocycles. The molecule has 0 spiro atoms. The average molecular weight is 459 g/mol. The Labute approximate surface area is 144 Å². The largest absolute Gasteiger partial charge is 0.477 e. The molecule has 0 radical (unpaired) electrons. The number of hydrogen-bond donors (Lipinski definition) is 2. The number of carbonyl (C=O) groups is 1. The average Bonchev–Trinajstić information content (AvgIpc) is 2.45. The van der Waals surface area contributed by atoms with E-state index in [1.54, 1.807) is 0 Å². The summed E-state index contributed by atoms with van der Waals surface area (Å²) in [5.41, 5.74) is 0. The van der Waals surface area contributed by atoms with Crippen molar-refractivity contribution in [3.05, 3.63) is 0 Å². The van der Waals surface area contributed by atoms with Crippen molar-refractivity contribution in [3.63, 3.8) is 0 Å². The van der Waals surface area contributed by atoms with E-state index in [1.165, 1.54) is 0 Å². The molecule has 0 aromatic heterocycles. The number of rotatable bonds is 6. The van der Waals surface area contributed by atoms with E-state index >= 15 is 0 Å². The minimum atomic E-state index is -8.47. The number of alkyl halides is 15. The number of carboxylic acid groups (broad SMARTS) is 1. The Balaban J connectivity index is 0. The zero-order valence-corrected chi connectivity index (χ0v) is 13.0. The predicted octanol–water partition coefficient (Wildman–Crippen LogP) is 4.28. The second-order valence-corrected chi connectivity index (χ2v) is 4.75. The molecule has 0 aromatic rings. The van der Waals surface area contributed by atoms with Gasteiger partial charge < -0.3 is 10.4 Å². The summed E-state index contributed by atoms with van der Waals surface area (Å²) in [5, 5.41) is 10.3. The summed E-state index contributed by atoms with van der Waals surface area (Å²) in [6.07, 6.45) is -7.69. The van der Waals surface area contributed by atoms with Crippen LogP contribution in [-0.2, 0) is 4.79 Å². The van der Waals surface area contributed by atoms with E-state index in [-0.39, 0.29) is 0 Å². The van der Waals surface area contributed by atoms with E-state index < -0.39 is 47.7 Å². The molecule has 0 rings (SSSR count). The number of hydrogen-bond acceptors (Lipinski definition) is 2. The highest BCUT2D eigenvalue weighted by Gasteiger charge is 2.94. The molecule has 0 aliphatic rings. The van der Waals surface area contributed by atoms with Crippen LogP contribution in [0.2, 0.25) is 0 Å². The van der Waals surface area contributed by atoms with Gasteiger partial charge in [-0.3, -0.25) is 0 Å². The van der Waals surface area contributed by atoms with Crippen molar-refractivity contribution in [2.45, 2.75) is 41.7 Å². The molecule has 0 aliphatic heterocycles. The molecule has 170 valence electrons. The highest BCUT2D eigenvalue weighted by molar-refractivity contribution is 5.77. The number of aliphatic carboxylic acids is 1. The molecule has 0 aliphatic carbocycles. The van der Waals surface area contributed by atoms with E-state index in [0.29, 0.717) is 0 Å². The Hall–Kier alpha value is -1.62. The fourth-order valence-corrected chi connectivity index (χ4v) is 1.10. The van der Waals surface area contributed by atoms with Crippen LogP contribution in [0.4, 0.5) is 65.9 Å². The first-order chi connectivity index (χ1) is 11.9. The molecular formula is C10H8F15NO2. The SMILES string of the molecule is CNC.O=C(O)C(F)(F)C(F)(F)C(F)(F)C(F)(F)C(F)(F)C(F)(F)C(F)(F)F. The summed E-state index contributed by atoms with van der Waals surface area (Å²) >= 11 is 0. The molecule has 28 heavy (non-hydrogen) atoms. The number of halogens is 15. The summed E-state index contributed by atoms with van der Waals surface area (Å²) in [4.78, 5) is 9.72. The van der Waals surface area contributed by atoms with E-state index in [9.17, 15) is 70.7 Å². The van der Waals surface area contributed by atoms with Gasteiger partial charge in [-0.15, -0.1) is 0 Å². The third kappa shape index (κ3) is 3.91. The zero-order valence-electron chi connectivity index (χ0n) is 13.0. The van der Waals surface area contributed by atoms with Crippen LogP contribution in [0.5, 0.6) is 0 Å². The first kappa shape index (κ1) is 28.6. The highest BCUT2D eigenvalue weighted by Crippen LogP contribution is 2.62. The maximum Gasteiger partial charge on any atom is 0.460 e. The van der Waals surface area contributed by atoms with Crippen molar-refractivity contribution >= 4 is 5.97 Å². The van der Waals surface area contributed by atoms with Gasteiger partial charge in [0.15, 0.2) is 0 Å². The third-order valence-corrected chi connectivity index (χ3v) is 2.60. The smallest absolute Gasteiger partial charge is 0.460 e. The molecule has 3 nitrogen and oxygen atoms in total. The number of nitrogens with one attached hydrogen (secondary N) is 1. The highest BCUT2D eigenvalue weighted by atomic mass is 19.4. The summed E-state index contributed by atoms with van der Waals surface area (Å²) in [7, 11) is 3.75. The summed E-state index contributed by atoms with van der Waals surface area (Å²) in [6.45, 7) is 0. The van der Waals surface area contributed by atoms with Crippen molar-refractivity contribution in [1.82, 2.24) is 5.32 Å². The minimum absolute atomic E-state index is 1.88.